The van der Waals surface area contributed by atoms with Gasteiger partial charge in [-0.1, -0.05) is 12.1 Å². The lowest BCUT2D eigenvalue weighted by atomic mass is 9.94. The highest BCUT2D eigenvalue weighted by Crippen LogP contribution is 2.31. The topological polar surface area (TPSA) is 46.1 Å². The van der Waals surface area contributed by atoms with Crippen LogP contribution in [-0.4, -0.2) is 27.3 Å². The molecule has 1 aliphatic heterocycles. The summed E-state index contributed by atoms with van der Waals surface area (Å²) in [6.45, 7) is 0.769. The van der Waals surface area contributed by atoms with Gasteiger partial charge in [0.2, 0.25) is 5.91 Å². The van der Waals surface area contributed by atoms with E-state index in [1.54, 1.807) is 18.3 Å². The summed E-state index contributed by atoms with van der Waals surface area (Å²) < 4.78 is 13.1. The van der Waals surface area contributed by atoms with E-state index in [0.717, 1.165) is 37.1 Å². The van der Waals surface area contributed by atoms with E-state index in [1.807, 2.05) is 11.0 Å². The number of likely N-dealkylation sites (tertiary alicyclic amines) is 1. The summed E-state index contributed by atoms with van der Waals surface area (Å²) in [7, 11) is 0. The third-order valence-electron chi connectivity index (χ3n) is 4.32. The zero-order valence-electron chi connectivity index (χ0n) is 13.0. The zero-order valence-corrected chi connectivity index (χ0v) is 13.0. The van der Waals surface area contributed by atoms with Crippen molar-refractivity contribution in [3.63, 3.8) is 0 Å². The van der Waals surface area contributed by atoms with Crippen LogP contribution in [0.5, 0.6) is 0 Å². The van der Waals surface area contributed by atoms with Crippen LogP contribution in [0.4, 0.5) is 4.39 Å². The molecule has 0 N–H and O–H groups in total. The second-order valence-electron chi connectivity index (χ2n) is 5.85. The number of rotatable bonds is 4. The minimum Gasteiger partial charge on any atom is -0.336 e. The average Bonchev–Trinajstić information content (AvgIpc) is 2.61. The van der Waals surface area contributed by atoms with Gasteiger partial charge >= 0.3 is 0 Å². The lowest BCUT2D eigenvalue weighted by Crippen LogP contribution is -2.38. The Hall–Kier alpha value is -2.30. The van der Waals surface area contributed by atoms with Crippen LogP contribution in [0.1, 0.15) is 43.0 Å². The molecule has 120 valence electrons. The predicted octanol–water partition coefficient (Wildman–Crippen LogP) is 3.30. The number of carbonyl (C=O) groups excluding carboxylic acids is 1. The Morgan fingerprint density at radius 3 is 2.78 bits per heavy atom. The first-order valence-corrected chi connectivity index (χ1v) is 8.04. The van der Waals surface area contributed by atoms with Crippen LogP contribution in [0.2, 0.25) is 0 Å². The van der Waals surface area contributed by atoms with Gasteiger partial charge in [0.25, 0.3) is 0 Å². The van der Waals surface area contributed by atoms with Gasteiger partial charge in [-0.15, -0.1) is 0 Å². The molecule has 0 saturated carbocycles. The molecule has 0 aliphatic carbocycles. The first-order valence-electron chi connectivity index (χ1n) is 8.04. The number of piperidine rings is 1. The van der Waals surface area contributed by atoms with Gasteiger partial charge in [0.15, 0.2) is 0 Å². The molecule has 4 nitrogen and oxygen atoms in total. The Kier molecular flexibility index (Phi) is 4.95. The largest absolute Gasteiger partial charge is 0.336 e. The minimum atomic E-state index is -0.244. The maximum atomic E-state index is 13.1. The average molecular weight is 313 g/mol. The number of halogens is 1. The molecular formula is C18H20FN3O. The molecule has 0 bridgehead atoms. The molecule has 2 heterocycles. The van der Waals surface area contributed by atoms with E-state index in [9.17, 15) is 9.18 Å². The molecule has 1 saturated heterocycles. The molecule has 1 aromatic carbocycles. The van der Waals surface area contributed by atoms with E-state index in [4.69, 9.17) is 0 Å². The monoisotopic (exact) mass is 313 g/mol. The number of aryl methyl sites for hydroxylation is 1. The molecule has 1 atom stereocenters. The summed E-state index contributed by atoms with van der Waals surface area (Å²) in [5.74, 6) is -0.108. The molecule has 0 unspecified atom stereocenters. The number of hydrogen-bond acceptors (Lipinski definition) is 3. The first-order chi connectivity index (χ1) is 11.2. The maximum absolute atomic E-state index is 13.1. The summed E-state index contributed by atoms with van der Waals surface area (Å²) in [6.07, 6.45) is 7.30. The second kappa shape index (κ2) is 7.31. The van der Waals surface area contributed by atoms with Crippen LogP contribution in [0.15, 0.2) is 42.9 Å². The number of carbonyl (C=O) groups is 1. The van der Waals surface area contributed by atoms with Crippen LogP contribution in [0.25, 0.3) is 0 Å². The smallest absolute Gasteiger partial charge is 0.223 e. The van der Waals surface area contributed by atoms with Gasteiger partial charge in [-0.2, -0.15) is 0 Å². The maximum Gasteiger partial charge on any atom is 0.223 e. The fourth-order valence-electron chi connectivity index (χ4n) is 3.11. The fraction of sp³-hybridized carbons (Fsp3) is 0.389. The van der Waals surface area contributed by atoms with Gasteiger partial charge < -0.3 is 4.90 Å². The van der Waals surface area contributed by atoms with Gasteiger partial charge in [-0.3, -0.25) is 4.79 Å². The molecule has 1 aromatic heterocycles. The quantitative estimate of drug-likeness (QED) is 0.870. The SMILES string of the molecule is O=C(CCc1ccncn1)N1CCCC[C@@H]1c1ccc(F)cc1. The van der Waals surface area contributed by atoms with Crippen molar-refractivity contribution in [1.29, 1.82) is 0 Å². The van der Waals surface area contributed by atoms with Gasteiger partial charge in [-0.05, 0) is 49.4 Å². The van der Waals surface area contributed by atoms with Crippen molar-refractivity contribution >= 4 is 5.91 Å². The Morgan fingerprint density at radius 2 is 2.04 bits per heavy atom. The van der Waals surface area contributed by atoms with Crippen molar-refractivity contribution < 1.29 is 9.18 Å². The molecular weight excluding hydrogens is 293 g/mol. The highest BCUT2D eigenvalue weighted by Gasteiger charge is 2.27. The van der Waals surface area contributed by atoms with Crippen molar-refractivity contribution in [2.45, 2.75) is 38.1 Å². The first kappa shape index (κ1) is 15.6. The third kappa shape index (κ3) is 3.92. The summed E-state index contributed by atoms with van der Waals surface area (Å²) in [6, 6.07) is 8.40. The molecule has 23 heavy (non-hydrogen) atoms. The number of benzene rings is 1. The van der Waals surface area contributed by atoms with E-state index in [-0.39, 0.29) is 17.8 Å². The van der Waals surface area contributed by atoms with Gasteiger partial charge in [0.1, 0.15) is 12.1 Å². The fourth-order valence-corrected chi connectivity index (χ4v) is 3.11. The predicted molar refractivity (Wildman–Crippen MR) is 85.1 cm³/mol. The molecule has 0 spiro atoms. The normalized spacial score (nSPS) is 18.0. The molecule has 1 amide bonds. The van der Waals surface area contributed by atoms with Crippen molar-refractivity contribution in [2.75, 3.05) is 6.54 Å². The van der Waals surface area contributed by atoms with Gasteiger partial charge in [0, 0.05) is 24.9 Å². The Morgan fingerprint density at radius 1 is 1.22 bits per heavy atom. The molecule has 0 radical (unpaired) electrons. The number of hydrogen-bond donors (Lipinski definition) is 0. The lowest BCUT2D eigenvalue weighted by molar-refractivity contribution is -0.135. The molecule has 3 rings (SSSR count). The van der Waals surface area contributed by atoms with Crippen LogP contribution in [0.3, 0.4) is 0 Å². The summed E-state index contributed by atoms with van der Waals surface area (Å²) in [5.41, 5.74) is 1.89. The van der Waals surface area contributed by atoms with Crippen molar-refractivity contribution in [3.05, 3.63) is 59.9 Å². The Bertz CT molecular complexity index is 645. The van der Waals surface area contributed by atoms with Crippen LogP contribution in [0, 0.1) is 5.82 Å². The lowest BCUT2D eigenvalue weighted by Gasteiger charge is -2.36. The van der Waals surface area contributed by atoms with Crippen molar-refractivity contribution in [3.8, 4) is 0 Å². The van der Waals surface area contributed by atoms with E-state index >= 15 is 0 Å². The summed E-state index contributed by atoms with van der Waals surface area (Å²) in [4.78, 5) is 22.6. The summed E-state index contributed by atoms with van der Waals surface area (Å²) >= 11 is 0. The Balaban J connectivity index is 1.68. The van der Waals surface area contributed by atoms with E-state index in [2.05, 4.69) is 9.97 Å². The van der Waals surface area contributed by atoms with E-state index in [1.165, 1.54) is 18.5 Å². The van der Waals surface area contributed by atoms with Gasteiger partial charge in [-0.25, -0.2) is 14.4 Å². The molecule has 1 aliphatic rings. The number of nitrogens with zero attached hydrogens (tertiary/aromatic N) is 3. The highest BCUT2D eigenvalue weighted by molar-refractivity contribution is 5.77. The minimum absolute atomic E-state index is 0.0576. The van der Waals surface area contributed by atoms with Gasteiger partial charge in [0.05, 0.1) is 6.04 Å². The van der Waals surface area contributed by atoms with Crippen molar-refractivity contribution in [1.82, 2.24) is 14.9 Å². The second-order valence-corrected chi connectivity index (χ2v) is 5.85. The van der Waals surface area contributed by atoms with Crippen LogP contribution >= 0.6 is 0 Å². The number of amides is 1. The molecule has 1 fully saturated rings. The standard InChI is InChI=1S/C18H20FN3O/c19-15-6-4-14(5-7-15)17-3-1-2-12-22(17)18(23)9-8-16-10-11-20-13-21-16/h4-7,10-11,13,17H,1-3,8-9,12H2/t17-/m1/s1. The van der Waals surface area contributed by atoms with Crippen LogP contribution in [-0.2, 0) is 11.2 Å². The summed E-state index contributed by atoms with van der Waals surface area (Å²) in [5, 5.41) is 0. The highest BCUT2D eigenvalue weighted by atomic mass is 19.1. The zero-order chi connectivity index (χ0) is 16.1. The van der Waals surface area contributed by atoms with E-state index < -0.39 is 0 Å². The van der Waals surface area contributed by atoms with E-state index in [0.29, 0.717) is 12.8 Å². The third-order valence-corrected chi connectivity index (χ3v) is 4.32. The van der Waals surface area contributed by atoms with Crippen molar-refractivity contribution in [2.24, 2.45) is 0 Å². The number of aromatic nitrogens is 2. The molecule has 2 aromatic rings. The van der Waals surface area contributed by atoms with Crippen LogP contribution < -0.4 is 0 Å². The molecule has 5 heteroatoms. The Labute approximate surface area is 135 Å².